The van der Waals surface area contributed by atoms with E-state index >= 15 is 0 Å². The van der Waals surface area contributed by atoms with E-state index in [0.29, 0.717) is 5.56 Å². The second kappa shape index (κ2) is 27.8. The Kier molecular flexibility index (Phi) is 30.7. The molecule has 17 nitrogen and oxygen atoms in total. The van der Waals surface area contributed by atoms with E-state index in [1.54, 1.807) is 25.1 Å². The minimum absolute atomic E-state index is 0. The summed E-state index contributed by atoms with van der Waals surface area (Å²) in [7, 11) is -17.3. The van der Waals surface area contributed by atoms with Crippen LogP contribution in [0.3, 0.4) is 0 Å². The predicted octanol–water partition coefficient (Wildman–Crippen LogP) is -10.5. The van der Waals surface area contributed by atoms with Crippen LogP contribution >= 0.6 is 0 Å². The van der Waals surface area contributed by atoms with Gasteiger partial charge in [-0.15, -0.1) is 25.3 Å². The molecule has 26 heteroatoms. The third-order valence-electron chi connectivity index (χ3n) is 5.89. The van der Waals surface area contributed by atoms with Crippen molar-refractivity contribution in [3.05, 3.63) is 107 Å². The van der Waals surface area contributed by atoms with Gasteiger partial charge in [0.1, 0.15) is 37.5 Å². The number of carbonyl (C=O) groups excluding carboxylic acids is 1. The first kappa shape index (κ1) is 60.8. The van der Waals surface area contributed by atoms with Crippen LogP contribution in [-0.4, -0.2) is 79.6 Å². The van der Waals surface area contributed by atoms with E-state index in [-0.39, 0.29) is 151 Å². The van der Waals surface area contributed by atoms with Crippen molar-refractivity contribution in [3.63, 3.8) is 0 Å². The Morgan fingerprint density at radius 3 is 1.29 bits per heavy atom. The van der Waals surface area contributed by atoms with E-state index in [4.69, 9.17) is 34.7 Å². The van der Waals surface area contributed by atoms with Gasteiger partial charge in [-0.25, -0.2) is 25.3 Å². The summed E-state index contributed by atoms with van der Waals surface area (Å²) in [5, 5.41) is 0. The van der Waals surface area contributed by atoms with Gasteiger partial charge in [-0.2, -0.15) is 59.7 Å². The topological polar surface area (TPSA) is 286 Å². The van der Waals surface area contributed by atoms with Crippen LogP contribution in [0.2, 0.25) is 0 Å². The molecule has 0 fully saturated rings. The van der Waals surface area contributed by atoms with Crippen molar-refractivity contribution in [2.24, 2.45) is 0 Å². The van der Waals surface area contributed by atoms with Crippen molar-refractivity contribution in [3.8, 4) is 11.5 Å². The summed E-state index contributed by atoms with van der Waals surface area (Å²) < 4.78 is 153. The van der Waals surface area contributed by atoms with Crippen LogP contribution in [0.25, 0.3) is 0 Å². The normalized spacial score (nSPS) is 10.0. The van der Waals surface area contributed by atoms with Crippen LogP contribution in [0.4, 0.5) is 0 Å². The van der Waals surface area contributed by atoms with E-state index < -0.39 is 61.1 Å². The second-order valence-electron chi connectivity index (χ2n) is 9.30. The average molecular weight is 897 g/mol. The number of sulfone groups is 1. The number of hydrogen-bond donors (Lipinski definition) is 0. The number of ether oxygens (including phenoxy) is 2. The fraction of sp³-hybridized carbons (Fsp3) is 0.138. The van der Waals surface area contributed by atoms with Gasteiger partial charge in [-0.05, 0) is 41.3 Å². The van der Waals surface area contributed by atoms with Crippen LogP contribution < -0.4 is 128 Å². The molecule has 0 aliphatic rings. The van der Waals surface area contributed by atoms with Gasteiger partial charge in [0, 0.05) is 5.56 Å². The van der Waals surface area contributed by atoms with Gasteiger partial charge >= 0.3 is 139 Å². The molecule has 55 heavy (non-hydrogen) atoms. The number of aryl methyl sites for hydroxylation is 2. The molecule has 0 saturated heterocycles. The molecule has 0 spiro atoms. The van der Waals surface area contributed by atoms with E-state index in [2.05, 4.69) is 12.1 Å². The van der Waals surface area contributed by atoms with Crippen LogP contribution in [0, 0.1) is 26.0 Å². The zero-order valence-electron chi connectivity index (χ0n) is 30.4. The van der Waals surface area contributed by atoms with Crippen molar-refractivity contribution in [1.29, 1.82) is 0 Å². The van der Waals surface area contributed by atoms with E-state index in [1.165, 1.54) is 50.6 Å². The Labute approximate surface area is 409 Å². The molecule has 0 radical (unpaired) electrons. The molecule has 0 aliphatic heterocycles. The minimum atomic E-state index is -4.86. The van der Waals surface area contributed by atoms with Crippen molar-refractivity contribution in [1.82, 2.24) is 0 Å². The quantitative estimate of drug-likeness (QED) is 0.0687. The summed E-state index contributed by atoms with van der Waals surface area (Å²) in [6, 6.07) is 21.6. The second-order valence-corrected chi connectivity index (χ2v) is 14.8. The Balaban J connectivity index is -0.000000373. The van der Waals surface area contributed by atoms with Crippen LogP contribution in [-0.2, 0) is 51.3 Å². The van der Waals surface area contributed by atoms with Crippen molar-refractivity contribution < 1.29 is 192 Å². The Hall–Kier alpha value is -0.840. The molecule has 0 amide bonds. The van der Waals surface area contributed by atoms with Gasteiger partial charge < -0.3 is 23.4 Å². The molecular formula is C29H24Na4O17S5. The Bertz CT molecular complexity index is 2400. The first-order valence-electron chi connectivity index (χ1n) is 13.0. The van der Waals surface area contributed by atoms with E-state index in [1.807, 2.05) is 6.92 Å². The summed E-state index contributed by atoms with van der Waals surface area (Å²) in [5.41, 5.74) is 2.10. The largest absolute Gasteiger partial charge is 1.00 e. The number of ketones is 1. The molecule has 0 aromatic heterocycles. The zero-order valence-corrected chi connectivity index (χ0v) is 42.5. The van der Waals surface area contributed by atoms with Gasteiger partial charge in [0.2, 0.25) is 0 Å². The van der Waals surface area contributed by atoms with Crippen LogP contribution in [0.5, 0.6) is 11.5 Å². The summed E-state index contributed by atoms with van der Waals surface area (Å²) in [5.74, 6) is -0.680. The maximum absolute atomic E-state index is 12.5. The van der Waals surface area contributed by atoms with Gasteiger partial charge in [-0.3, -0.25) is 0 Å². The number of rotatable bonds is 8. The average Bonchev–Trinajstić information content (AvgIpc) is 3.03. The molecule has 0 bridgehead atoms. The zero-order chi connectivity index (χ0) is 39.3. The summed E-state index contributed by atoms with van der Waals surface area (Å²) in [6.45, 7) is 3.59. The predicted molar refractivity (Wildman–Crippen MR) is 170 cm³/mol. The summed E-state index contributed by atoms with van der Waals surface area (Å²) in [6.07, 6.45) is 0. The molecule has 0 atom stereocenters. The molecule has 4 rings (SSSR count). The maximum atomic E-state index is 12.5. The van der Waals surface area contributed by atoms with Gasteiger partial charge in [0.15, 0.2) is 9.84 Å². The smallest absolute Gasteiger partial charge is 0.744 e. The standard InChI is InChI=1S/C15H13O5S.C14H13O6S2.4Na.2O3S/c1-10-3-5-11(6-4-10)15(16)12-7-8-13(20-2)14(9-12)21(17,18)19;1-10-3-5-11(6-4-10)21(15,16)12-7-8-13(20-2)14(9-12)22(17,18)19;;;;;2*1-4(2)3/h3,5-9H,1-2H3,(H,17,18,19);3,5-9H,1-2H3,(H,17,18,19);;;;;;/q2*-1;4*+1;;/p-2. The first-order chi connectivity index (χ1) is 23.4. The van der Waals surface area contributed by atoms with Gasteiger partial charge in [0.25, 0.3) is 0 Å². The molecular weight excluding hydrogens is 873 g/mol. The molecule has 0 unspecified atom stereocenters. The van der Waals surface area contributed by atoms with Gasteiger partial charge in [-0.1, -0.05) is 19.4 Å². The third-order valence-corrected chi connectivity index (χ3v) is 9.35. The number of methoxy groups -OCH3 is 2. The van der Waals surface area contributed by atoms with Crippen LogP contribution in [0.1, 0.15) is 27.0 Å². The SMILES string of the molecule is COc1ccc(C(=O)c2c[c-]c(C)cc2)cc1S(=O)(=O)[O-].COc1ccc(S(=O)(=O)c2c[c-]c(C)cc2)cc1S(=O)(=O)[O-].O=S(=O)=O.O=S(=O)=O.[Na+].[Na+].[Na+].[Na+]. The molecule has 0 saturated carbocycles. The summed E-state index contributed by atoms with van der Waals surface area (Å²) in [4.78, 5) is 10.7. The minimum Gasteiger partial charge on any atom is -0.744 e. The summed E-state index contributed by atoms with van der Waals surface area (Å²) >= 11 is 0. The fourth-order valence-corrected chi connectivity index (χ4v) is 6.30. The number of carbonyl (C=O) groups is 1. The van der Waals surface area contributed by atoms with Crippen LogP contribution in [0.15, 0.2) is 92.4 Å². The molecule has 4 aromatic rings. The van der Waals surface area contributed by atoms with Crippen molar-refractivity contribution in [2.45, 2.75) is 33.4 Å². The third kappa shape index (κ3) is 21.1. The molecule has 0 aliphatic carbocycles. The first-order valence-corrected chi connectivity index (χ1v) is 19.3. The van der Waals surface area contributed by atoms with E-state index in [9.17, 15) is 39.2 Å². The maximum Gasteiger partial charge on any atom is 1.00 e. The monoisotopic (exact) mass is 896 g/mol. The molecule has 4 aromatic carbocycles. The molecule has 0 heterocycles. The van der Waals surface area contributed by atoms with Gasteiger partial charge in [0.05, 0.1) is 28.9 Å². The van der Waals surface area contributed by atoms with E-state index in [0.717, 1.165) is 29.3 Å². The van der Waals surface area contributed by atoms with Crippen molar-refractivity contribution >= 4 is 57.1 Å². The molecule has 0 N–H and O–H groups in total. The molecule has 276 valence electrons. The Morgan fingerprint density at radius 1 is 0.564 bits per heavy atom. The Morgan fingerprint density at radius 2 is 0.927 bits per heavy atom. The fourth-order valence-electron chi connectivity index (χ4n) is 3.63. The number of hydrogen-bond acceptors (Lipinski definition) is 17. The van der Waals surface area contributed by atoms with Crippen molar-refractivity contribution in [2.75, 3.05) is 14.2 Å². The number of benzene rings is 4.